The lowest BCUT2D eigenvalue weighted by Gasteiger charge is -2.28. The molecule has 6 nitrogen and oxygen atoms in total. The molecule has 0 unspecified atom stereocenters. The standard InChI is InChI=1S/C16H22N4O2S/c1-11-5-2-3-6-12(11)22-10-15(21)17-9-14-18-16(20-19-14)13-7-4-8-23-13/h4,7-8,11-12H,2-3,5-6,9-10H2,1H3,(H,17,21)(H,18,19,20)/t11-,12+/m1/s1. The topological polar surface area (TPSA) is 79.9 Å². The van der Waals surface area contributed by atoms with Crippen LogP contribution < -0.4 is 5.32 Å². The van der Waals surface area contributed by atoms with E-state index in [0.717, 1.165) is 11.3 Å². The van der Waals surface area contributed by atoms with Crippen molar-refractivity contribution in [1.29, 1.82) is 0 Å². The van der Waals surface area contributed by atoms with Crippen LogP contribution in [-0.2, 0) is 16.1 Å². The number of hydrogen-bond donors (Lipinski definition) is 2. The molecule has 1 amide bonds. The number of carbonyl (C=O) groups is 1. The number of carbonyl (C=O) groups excluding carboxylic acids is 1. The van der Waals surface area contributed by atoms with E-state index in [1.54, 1.807) is 11.3 Å². The molecular formula is C16H22N4O2S. The molecule has 2 heterocycles. The number of aromatic nitrogens is 3. The minimum Gasteiger partial charge on any atom is -0.368 e. The summed E-state index contributed by atoms with van der Waals surface area (Å²) in [5, 5.41) is 11.8. The summed E-state index contributed by atoms with van der Waals surface area (Å²) in [6.07, 6.45) is 4.92. The Morgan fingerprint density at radius 1 is 1.48 bits per heavy atom. The SMILES string of the molecule is C[C@@H]1CCCC[C@@H]1OCC(=O)NCc1nc(-c2cccs2)n[nH]1. The second-order valence-corrected chi connectivity index (χ2v) is 6.92. The highest BCUT2D eigenvalue weighted by molar-refractivity contribution is 7.13. The van der Waals surface area contributed by atoms with Gasteiger partial charge in [0.2, 0.25) is 5.91 Å². The van der Waals surface area contributed by atoms with E-state index < -0.39 is 0 Å². The van der Waals surface area contributed by atoms with Crippen LogP contribution in [0.1, 0.15) is 38.4 Å². The summed E-state index contributed by atoms with van der Waals surface area (Å²) in [6.45, 7) is 2.64. The van der Waals surface area contributed by atoms with Crippen molar-refractivity contribution in [2.75, 3.05) is 6.61 Å². The van der Waals surface area contributed by atoms with Crippen LogP contribution in [0, 0.1) is 5.92 Å². The highest BCUT2D eigenvalue weighted by Crippen LogP contribution is 2.26. The number of ether oxygens (including phenoxy) is 1. The number of nitrogens with zero attached hydrogens (tertiary/aromatic N) is 2. The van der Waals surface area contributed by atoms with E-state index in [0.29, 0.717) is 24.1 Å². The van der Waals surface area contributed by atoms with Crippen LogP contribution in [-0.4, -0.2) is 33.8 Å². The Balaban J connectivity index is 1.42. The lowest BCUT2D eigenvalue weighted by Crippen LogP contribution is -2.33. The minimum absolute atomic E-state index is 0.112. The van der Waals surface area contributed by atoms with Crippen molar-refractivity contribution in [2.45, 2.75) is 45.3 Å². The van der Waals surface area contributed by atoms with Gasteiger partial charge in [0, 0.05) is 0 Å². The van der Waals surface area contributed by atoms with Crippen LogP contribution in [0.5, 0.6) is 0 Å². The van der Waals surface area contributed by atoms with Crippen molar-refractivity contribution in [3.8, 4) is 10.7 Å². The van der Waals surface area contributed by atoms with E-state index in [1.807, 2.05) is 17.5 Å². The molecule has 23 heavy (non-hydrogen) atoms. The summed E-state index contributed by atoms with van der Waals surface area (Å²) in [6, 6.07) is 3.93. The summed E-state index contributed by atoms with van der Waals surface area (Å²) in [5.74, 6) is 1.74. The van der Waals surface area contributed by atoms with Crippen molar-refractivity contribution >= 4 is 17.2 Å². The van der Waals surface area contributed by atoms with Crippen LogP contribution in [0.25, 0.3) is 10.7 Å². The Morgan fingerprint density at radius 3 is 3.13 bits per heavy atom. The number of thiophene rings is 1. The fourth-order valence-corrected chi connectivity index (χ4v) is 3.49. The largest absolute Gasteiger partial charge is 0.368 e. The Morgan fingerprint density at radius 2 is 2.35 bits per heavy atom. The van der Waals surface area contributed by atoms with Crippen molar-refractivity contribution in [3.63, 3.8) is 0 Å². The zero-order valence-corrected chi connectivity index (χ0v) is 14.1. The lowest BCUT2D eigenvalue weighted by molar-refractivity contribution is -0.129. The fraction of sp³-hybridized carbons (Fsp3) is 0.562. The third-order valence-corrected chi connectivity index (χ3v) is 5.05. The van der Waals surface area contributed by atoms with E-state index in [-0.39, 0.29) is 18.6 Å². The Kier molecular flexibility index (Phi) is 5.40. The van der Waals surface area contributed by atoms with E-state index in [2.05, 4.69) is 27.4 Å². The van der Waals surface area contributed by atoms with Crippen molar-refractivity contribution in [1.82, 2.24) is 20.5 Å². The number of nitrogens with one attached hydrogen (secondary N) is 2. The first-order valence-electron chi connectivity index (χ1n) is 8.06. The van der Waals surface area contributed by atoms with E-state index in [1.165, 1.54) is 19.3 Å². The van der Waals surface area contributed by atoms with Gasteiger partial charge in [-0.25, -0.2) is 4.98 Å². The monoisotopic (exact) mass is 334 g/mol. The van der Waals surface area contributed by atoms with Crippen LogP contribution in [0.2, 0.25) is 0 Å². The predicted octanol–water partition coefficient (Wildman–Crippen LogP) is 2.74. The summed E-state index contributed by atoms with van der Waals surface area (Å²) in [5.41, 5.74) is 0. The van der Waals surface area contributed by atoms with Gasteiger partial charge in [0.15, 0.2) is 5.82 Å². The van der Waals surface area contributed by atoms with Crippen LogP contribution >= 0.6 is 11.3 Å². The van der Waals surface area contributed by atoms with Crippen molar-refractivity contribution in [3.05, 3.63) is 23.3 Å². The molecule has 1 aliphatic rings. The highest BCUT2D eigenvalue weighted by atomic mass is 32.1. The van der Waals surface area contributed by atoms with Gasteiger partial charge in [-0.1, -0.05) is 25.8 Å². The Hall–Kier alpha value is -1.73. The van der Waals surface area contributed by atoms with Gasteiger partial charge in [0.1, 0.15) is 12.4 Å². The number of amides is 1. The highest BCUT2D eigenvalue weighted by Gasteiger charge is 2.22. The maximum atomic E-state index is 11.9. The third kappa shape index (κ3) is 4.39. The molecule has 124 valence electrons. The summed E-state index contributed by atoms with van der Waals surface area (Å²) in [7, 11) is 0. The zero-order valence-electron chi connectivity index (χ0n) is 13.2. The summed E-state index contributed by atoms with van der Waals surface area (Å²) in [4.78, 5) is 17.3. The molecule has 1 aliphatic carbocycles. The molecular weight excluding hydrogens is 312 g/mol. The van der Waals surface area contributed by atoms with E-state index in [4.69, 9.17) is 4.74 Å². The molecule has 3 rings (SSSR count). The average molecular weight is 334 g/mol. The third-order valence-electron chi connectivity index (χ3n) is 4.19. The Bertz CT molecular complexity index is 626. The first-order valence-corrected chi connectivity index (χ1v) is 8.94. The van der Waals surface area contributed by atoms with Gasteiger partial charge in [0.25, 0.3) is 0 Å². The van der Waals surface area contributed by atoms with Gasteiger partial charge in [-0.2, -0.15) is 5.10 Å². The molecule has 7 heteroatoms. The summed E-state index contributed by atoms with van der Waals surface area (Å²) < 4.78 is 5.75. The fourth-order valence-electron chi connectivity index (χ4n) is 2.84. The van der Waals surface area contributed by atoms with Gasteiger partial charge < -0.3 is 10.1 Å². The maximum absolute atomic E-state index is 11.9. The molecule has 0 saturated heterocycles. The lowest BCUT2D eigenvalue weighted by atomic mass is 9.88. The molecule has 2 aromatic heterocycles. The second kappa shape index (κ2) is 7.70. The quantitative estimate of drug-likeness (QED) is 0.851. The maximum Gasteiger partial charge on any atom is 0.246 e. The molecule has 1 saturated carbocycles. The summed E-state index contributed by atoms with van der Waals surface area (Å²) >= 11 is 1.59. The first-order chi connectivity index (χ1) is 11.2. The number of H-pyrrole nitrogens is 1. The number of aromatic amines is 1. The van der Waals surface area contributed by atoms with Crippen LogP contribution in [0.15, 0.2) is 17.5 Å². The second-order valence-electron chi connectivity index (χ2n) is 5.97. The average Bonchev–Trinajstić information content (AvgIpc) is 3.23. The van der Waals surface area contributed by atoms with Crippen molar-refractivity contribution in [2.24, 2.45) is 5.92 Å². The van der Waals surface area contributed by atoms with Gasteiger partial charge >= 0.3 is 0 Å². The molecule has 2 aromatic rings. The molecule has 0 aliphatic heterocycles. The smallest absolute Gasteiger partial charge is 0.246 e. The van der Waals surface area contributed by atoms with Gasteiger partial charge in [-0.3, -0.25) is 9.89 Å². The van der Waals surface area contributed by atoms with E-state index in [9.17, 15) is 4.79 Å². The molecule has 2 N–H and O–H groups in total. The molecule has 0 aromatic carbocycles. The minimum atomic E-state index is -0.114. The first kappa shape index (κ1) is 16.1. The zero-order chi connectivity index (χ0) is 16.1. The number of hydrogen-bond acceptors (Lipinski definition) is 5. The van der Waals surface area contributed by atoms with Gasteiger partial charge in [-0.15, -0.1) is 11.3 Å². The van der Waals surface area contributed by atoms with Gasteiger partial charge in [0.05, 0.1) is 17.5 Å². The molecule has 0 bridgehead atoms. The van der Waals surface area contributed by atoms with Crippen molar-refractivity contribution < 1.29 is 9.53 Å². The van der Waals surface area contributed by atoms with Crippen LogP contribution in [0.4, 0.5) is 0 Å². The number of rotatable bonds is 6. The van der Waals surface area contributed by atoms with Crippen LogP contribution in [0.3, 0.4) is 0 Å². The molecule has 1 fully saturated rings. The molecule has 0 radical (unpaired) electrons. The molecule has 2 atom stereocenters. The Labute approximate surface area is 139 Å². The normalized spacial score (nSPS) is 21.3. The van der Waals surface area contributed by atoms with E-state index >= 15 is 0 Å². The predicted molar refractivity (Wildman–Crippen MR) is 88.9 cm³/mol. The molecule has 0 spiro atoms. The van der Waals surface area contributed by atoms with Gasteiger partial charge in [-0.05, 0) is 30.2 Å².